The zero-order valence-corrected chi connectivity index (χ0v) is 18.4. The SMILES string of the molecule is CC(C)NC(=O)NC(=O)CSc1nnc(-c2cccnc2)n1-c1ccc(Cl)c(Cl)c1. The molecule has 2 heterocycles. The fourth-order valence-corrected chi connectivity index (χ4v) is 3.54. The van der Waals surface area contributed by atoms with E-state index in [1.165, 1.54) is 0 Å². The second kappa shape index (κ2) is 9.92. The van der Waals surface area contributed by atoms with Gasteiger partial charge in [-0.1, -0.05) is 35.0 Å². The van der Waals surface area contributed by atoms with Crippen LogP contribution in [0.4, 0.5) is 4.79 Å². The molecule has 0 aliphatic carbocycles. The third kappa shape index (κ3) is 5.50. The maximum atomic E-state index is 12.1. The van der Waals surface area contributed by atoms with Gasteiger partial charge in [0.2, 0.25) is 5.91 Å². The van der Waals surface area contributed by atoms with Gasteiger partial charge >= 0.3 is 6.03 Å². The van der Waals surface area contributed by atoms with Gasteiger partial charge in [0.15, 0.2) is 11.0 Å². The number of imide groups is 1. The minimum atomic E-state index is -0.544. The molecule has 0 atom stereocenters. The minimum Gasteiger partial charge on any atom is -0.336 e. The standard InChI is InChI=1S/C19H18Cl2N6O2S/c1-11(2)23-18(29)24-16(28)10-30-19-26-25-17(12-4-3-7-22-9-12)27(19)13-5-6-14(20)15(21)8-13/h3-9,11H,10H2,1-2H3,(H2,23,24,28,29). The van der Waals surface area contributed by atoms with Crippen molar-refractivity contribution in [1.82, 2.24) is 30.4 Å². The van der Waals surface area contributed by atoms with E-state index in [2.05, 4.69) is 25.8 Å². The zero-order chi connectivity index (χ0) is 21.7. The Bertz CT molecular complexity index is 1060. The van der Waals surface area contributed by atoms with Crippen LogP contribution in [-0.4, -0.2) is 43.5 Å². The number of pyridine rings is 1. The molecule has 0 radical (unpaired) electrons. The summed E-state index contributed by atoms with van der Waals surface area (Å²) in [7, 11) is 0. The van der Waals surface area contributed by atoms with Gasteiger partial charge < -0.3 is 5.32 Å². The van der Waals surface area contributed by atoms with Crippen LogP contribution < -0.4 is 10.6 Å². The van der Waals surface area contributed by atoms with Crippen LogP contribution in [0, 0.1) is 0 Å². The topological polar surface area (TPSA) is 102 Å². The lowest BCUT2D eigenvalue weighted by atomic mass is 10.2. The van der Waals surface area contributed by atoms with Crippen molar-refractivity contribution < 1.29 is 9.59 Å². The van der Waals surface area contributed by atoms with E-state index < -0.39 is 11.9 Å². The summed E-state index contributed by atoms with van der Waals surface area (Å²) < 4.78 is 1.76. The van der Waals surface area contributed by atoms with Gasteiger partial charge in [0.25, 0.3) is 0 Å². The highest BCUT2D eigenvalue weighted by molar-refractivity contribution is 7.99. The molecular formula is C19H18Cl2N6O2S. The highest BCUT2D eigenvalue weighted by atomic mass is 35.5. The summed E-state index contributed by atoms with van der Waals surface area (Å²) in [5.41, 5.74) is 1.41. The number of amides is 3. The smallest absolute Gasteiger partial charge is 0.321 e. The van der Waals surface area contributed by atoms with Crippen molar-refractivity contribution in [3.05, 3.63) is 52.8 Å². The first-order chi connectivity index (χ1) is 14.3. The molecule has 0 bridgehead atoms. The molecule has 8 nitrogen and oxygen atoms in total. The van der Waals surface area contributed by atoms with Crippen molar-refractivity contribution >= 4 is 46.9 Å². The zero-order valence-electron chi connectivity index (χ0n) is 16.1. The lowest BCUT2D eigenvalue weighted by Crippen LogP contribution is -2.43. The molecule has 0 unspecified atom stereocenters. The lowest BCUT2D eigenvalue weighted by molar-refractivity contribution is -0.117. The highest BCUT2D eigenvalue weighted by Gasteiger charge is 2.19. The molecule has 1 aromatic carbocycles. The number of thioether (sulfide) groups is 1. The molecule has 2 aromatic heterocycles. The number of aromatic nitrogens is 4. The van der Waals surface area contributed by atoms with E-state index in [1.54, 1.807) is 55.1 Å². The highest BCUT2D eigenvalue weighted by Crippen LogP contribution is 2.31. The van der Waals surface area contributed by atoms with Gasteiger partial charge in [0, 0.05) is 24.0 Å². The fraction of sp³-hybridized carbons (Fsp3) is 0.211. The van der Waals surface area contributed by atoms with E-state index in [0.717, 1.165) is 17.3 Å². The predicted molar refractivity (Wildman–Crippen MR) is 117 cm³/mol. The summed E-state index contributed by atoms with van der Waals surface area (Å²) in [6, 6.07) is 8.15. The van der Waals surface area contributed by atoms with Crippen LogP contribution in [0.3, 0.4) is 0 Å². The Morgan fingerprint density at radius 2 is 1.97 bits per heavy atom. The number of nitrogens with zero attached hydrogens (tertiary/aromatic N) is 4. The molecule has 0 saturated heterocycles. The van der Waals surface area contributed by atoms with Crippen LogP contribution in [0.5, 0.6) is 0 Å². The molecule has 2 N–H and O–H groups in total. The number of carbonyl (C=O) groups excluding carboxylic acids is 2. The van der Waals surface area contributed by atoms with Crippen molar-refractivity contribution in [3.8, 4) is 17.1 Å². The Morgan fingerprint density at radius 3 is 2.63 bits per heavy atom. The first-order valence-corrected chi connectivity index (χ1v) is 10.6. The third-order valence-corrected chi connectivity index (χ3v) is 5.39. The van der Waals surface area contributed by atoms with E-state index in [1.807, 2.05) is 6.07 Å². The number of urea groups is 1. The molecule has 3 rings (SSSR count). The summed E-state index contributed by atoms with van der Waals surface area (Å²) in [6.07, 6.45) is 3.32. The van der Waals surface area contributed by atoms with Crippen LogP contribution >= 0.6 is 35.0 Å². The van der Waals surface area contributed by atoms with E-state index in [4.69, 9.17) is 23.2 Å². The van der Waals surface area contributed by atoms with Crippen LogP contribution in [0.1, 0.15) is 13.8 Å². The van der Waals surface area contributed by atoms with Crippen molar-refractivity contribution in [2.24, 2.45) is 0 Å². The van der Waals surface area contributed by atoms with Gasteiger partial charge in [-0.25, -0.2) is 4.79 Å². The molecule has 0 aliphatic rings. The third-order valence-electron chi connectivity index (χ3n) is 3.72. The number of benzene rings is 1. The Balaban J connectivity index is 1.87. The first kappa shape index (κ1) is 22.1. The van der Waals surface area contributed by atoms with Gasteiger partial charge in [-0.05, 0) is 44.2 Å². The maximum Gasteiger partial charge on any atom is 0.321 e. The molecular weight excluding hydrogens is 447 g/mol. The Hall–Kier alpha value is -2.62. The quantitative estimate of drug-likeness (QED) is 0.535. The van der Waals surface area contributed by atoms with Crippen molar-refractivity contribution in [1.29, 1.82) is 0 Å². The van der Waals surface area contributed by atoms with Crippen LogP contribution in [-0.2, 0) is 4.79 Å². The average Bonchev–Trinajstić information content (AvgIpc) is 3.12. The number of carbonyl (C=O) groups is 2. The normalized spacial score (nSPS) is 10.8. The van der Waals surface area contributed by atoms with Gasteiger partial charge in [-0.3, -0.25) is 19.7 Å². The van der Waals surface area contributed by atoms with Crippen molar-refractivity contribution in [2.75, 3.05) is 5.75 Å². The van der Waals surface area contributed by atoms with E-state index in [9.17, 15) is 9.59 Å². The van der Waals surface area contributed by atoms with E-state index in [-0.39, 0.29) is 11.8 Å². The number of hydrogen-bond donors (Lipinski definition) is 2. The van der Waals surface area contributed by atoms with E-state index >= 15 is 0 Å². The predicted octanol–water partition coefficient (Wildman–Crippen LogP) is 3.96. The second-order valence-corrected chi connectivity index (χ2v) is 8.20. The Labute approximate surface area is 187 Å². The van der Waals surface area contributed by atoms with E-state index in [0.29, 0.717) is 26.7 Å². The van der Waals surface area contributed by atoms with Crippen LogP contribution in [0.25, 0.3) is 17.1 Å². The lowest BCUT2D eigenvalue weighted by Gasteiger charge is -2.11. The number of nitrogens with one attached hydrogen (secondary N) is 2. The van der Waals surface area contributed by atoms with Gasteiger partial charge in [0.1, 0.15) is 0 Å². The molecule has 0 spiro atoms. The molecule has 0 fully saturated rings. The molecule has 30 heavy (non-hydrogen) atoms. The fourth-order valence-electron chi connectivity index (χ4n) is 2.49. The average molecular weight is 465 g/mol. The second-order valence-electron chi connectivity index (χ2n) is 6.45. The Morgan fingerprint density at radius 1 is 1.17 bits per heavy atom. The summed E-state index contributed by atoms with van der Waals surface area (Å²) >= 11 is 13.4. The molecule has 3 amide bonds. The molecule has 11 heteroatoms. The first-order valence-electron chi connectivity index (χ1n) is 8.89. The van der Waals surface area contributed by atoms with Gasteiger partial charge in [0.05, 0.1) is 21.5 Å². The molecule has 0 aliphatic heterocycles. The summed E-state index contributed by atoms with van der Waals surface area (Å²) in [6.45, 7) is 3.61. The van der Waals surface area contributed by atoms with Crippen molar-refractivity contribution in [3.63, 3.8) is 0 Å². The summed E-state index contributed by atoms with van der Waals surface area (Å²) in [4.78, 5) is 28.0. The van der Waals surface area contributed by atoms with Gasteiger partial charge in [-0.15, -0.1) is 10.2 Å². The molecule has 156 valence electrons. The molecule has 3 aromatic rings. The molecule has 0 saturated carbocycles. The summed E-state index contributed by atoms with van der Waals surface area (Å²) in [5, 5.41) is 14.6. The van der Waals surface area contributed by atoms with Crippen molar-refractivity contribution in [2.45, 2.75) is 25.0 Å². The number of hydrogen-bond acceptors (Lipinski definition) is 6. The number of rotatable bonds is 6. The maximum absolute atomic E-state index is 12.1. The Kier molecular flexibility index (Phi) is 7.30. The summed E-state index contributed by atoms with van der Waals surface area (Å²) in [5.74, 6) is 0.0459. The van der Waals surface area contributed by atoms with Crippen LogP contribution in [0.15, 0.2) is 47.9 Å². The largest absolute Gasteiger partial charge is 0.336 e. The number of halogens is 2. The monoisotopic (exact) mass is 464 g/mol. The van der Waals surface area contributed by atoms with Crippen LogP contribution in [0.2, 0.25) is 10.0 Å². The minimum absolute atomic E-state index is 0.0298. The van der Waals surface area contributed by atoms with Gasteiger partial charge in [-0.2, -0.15) is 0 Å².